The van der Waals surface area contributed by atoms with Crippen molar-refractivity contribution in [2.24, 2.45) is 11.3 Å². The Balaban J connectivity index is 3.01. The van der Waals surface area contributed by atoms with Crippen molar-refractivity contribution in [3.05, 3.63) is 0 Å². The average molecular weight is 242 g/mol. The highest BCUT2D eigenvalue weighted by Crippen LogP contribution is 2.42. The number of ketones is 1. The lowest BCUT2D eigenvalue weighted by atomic mass is 9.65. The third-order valence-electron chi connectivity index (χ3n) is 4.10. The maximum atomic E-state index is 12.0. The maximum Gasteiger partial charge on any atom is 0.317 e. The summed E-state index contributed by atoms with van der Waals surface area (Å²) in [6.07, 6.45) is 2.19. The average Bonchev–Trinajstić information content (AvgIpc) is 2.20. The summed E-state index contributed by atoms with van der Waals surface area (Å²) in [6.45, 7) is 5.29. The summed E-state index contributed by atoms with van der Waals surface area (Å²) >= 11 is 0. The normalized spacial score (nSPS) is 29.1. The van der Waals surface area contributed by atoms with Crippen LogP contribution in [0.5, 0.6) is 0 Å². The molecule has 98 valence electrons. The first-order valence-electron chi connectivity index (χ1n) is 6.21. The molecule has 4 heteroatoms. The van der Waals surface area contributed by atoms with E-state index in [0.29, 0.717) is 12.8 Å². The number of hydrogen-bond donors (Lipinski definition) is 2. The van der Waals surface area contributed by atoms with Crippen molar-refractivity contribution in [3.63, 3.8) is 0 Å². The highest BCUT2D eigenvalue weighted by atomic mass is 16.4. The molecular weight excluding hydrogens is 220 g/mol. The Bertz CT molecular complexity index is 319. The smallest absolute Gasteiger partial charge is 0.317 e. The minimum atomic E-state index is -1.37. The largest absolute Gasteiger partial charge is 0.480 e. The van der Waals surface area contributed by atoms with Gasteiger partial charge in [-0.25, -0.2) is 0 Å². The fourth-order valence-corrected chi connectivity index (χ4v) is 2.39. The van der Waals surface area contributed by atoms with Gasteiger partial charge >= 0.3 is 5.97 Å². The van der Waals surface area contributed by atoms with E-state index in [1.165, 1.54) is 0 Å². The number of hydrogen-bond acceptors (Lipinski definition) is 3. The zero-order chi connectivity index (χ0) is 13.3. The zero-order valence-electron chi connectivity index (χ0n) is 10.8. The Morgan fingerprint density at radius 3 is 2.47 bits per heavy atom. The number of carboxylic acid groups (broad SMARTS) is 1. The van der Waals surface area contributed by atoms with Gasteiger partial charge in [0, 0.05) is 6.42 Å². The molecule has 0 saturated heterocycles. The second kappa shape index (κ2) is 4.77. The first-order chi connectivity index (χ1) is 7.72. The van der Waals surface area contributed by atoms with Crippen LogP contribution in [0.1, 0.15) is 52.9 Å². The second-order valence-corrected chi connectivity index (χ2v) is 5.71. The molecule has 2 atom stereocenters. The lowest BCUT2D eigenvalue weighted by Gasteiger charge is -2.39. The summed E-state index contributed by atoms with van der Waals surface area (Å²) in [5.74, 6) is -1.38. The van der Waals surface area contributed by atoms with Crippen LogP contribution in [-0.4, -0.2) is 27.6 Å². The second-order valence-electron chi connectivity index (χ2n) is 5.71. The van der Waals surface area contributed by atoms with Crippen LogP contribution >= 0.6 is 0 Å². The maximum absolute atomic E-state index is 12.0. The van der Waals surface area contributed by atoms with Crippen LogP contribution in [-0.2, 0) is 9.59 Å². The van der Waals surface area contributed by atoms with Crippen LogP contribution in [0, 0.1) is 11.3 Å². The zero-order valence-corrected chi connectivity index (χ0v) is 10.8. The summed E-state index contributed by atoms with van der Waals surface area (Å²) in [5.41, 5.74) is -2.49. The molecule has 1 saturated carbocycles. The first-order valence-corrected chi connectivity index (χ1v) is 6.21. The van der Waals surface area contributed by atoms with E-state index in [2.05, 4.69) is 0 Å². The van der Waals surface area contributed by atoms with Gasteiger partial charge in [0.15, 0.2) is 0 Å². The molecule has 0 radical (unpaired) electrons. The van der Waals surface area contributed by atoms with Gasteiger partial charge in [0.25, 0.3) is 0 Å². The predicted octanol–water partition coefficient (Wildman–Crippen LogP) is 2.00. The SMILES string of the molecule is CC(C)C(C)(O)CC1(C(=O)O)CCCCC1=O. The summed E-state index contributed by atoms with van der Waals surface area (Å²) < 4.78 is 0. The molecule has 17 heavy (non-hydrogen) atoms. The number of carbonyl (C=O) groups excluding carboxylic acids is 1. The molecule has 0 aromatic rings. The van der Waals surface area contributed by atoms with Crippen molar-refractivity contribution in [1.29, 1.82) is 0 Å². The van der Waals surface area contributed by atoms with E-state index in [9.17, 15) is 19.8 Å². The quantitative estimate of drug-likeness (QED) is 0.739. The van der Waals surface area contributed by atoms with E-state index in [-0.39, 0.29) is 18.1 Å². The van der Waals surface area contributed by atoms with Crippen LogP contribution in [0.4, 0.5) is 0 Å². The monoisotopic (exact) mass is 242 g/mol. The van der Waals surface area contributed by atoms with Crippen molar-refractivity contribution >= 4 is 11.8 Å². The van der Waals surface area contributed by atoms with Gasteiger partial charge in [-0.15, -0.1) is 0 Å². The van der Waals surface area contributed by atoms with Gasteiger partial charge in [0.2, 0.25) is 0 Å². The minimum absolute atomic E-state index is 0.0197. The van der Waals surface area contributed by atoms with Gasteiger partial charge in [0.05, 0.1) is 5.60 Å². The van der Waals surface area contributed by atoms with E-state index in [4.69, 9.17) is 0 Å². The van der Waals surface area contributed by atoms with Crippen molar-refractivity contribution in [2.75, 3.05) is 0 Å². The Hall–Kier alpha value is -0.900. The van der Waals surface area contributed by atoms with Gasteiger partial charge in [-0.3, -0.25) is 9.59 Å². The van der Waals surface area contributed by atoms with Gasteiger partial charge in [-0.05, 0) is 32.1 Å². The molecular formula is C13H22O4. The van der Waals surface area contributed by atoms with E-state index in [1.807, 2.05) is 13.8 Å². The van der Waals surface area contributed by atoms with Crippen molar-refractivity contribution in [1.82, 2.24) is 0 Å². The van der Waals surface area contributed by atoms with E-state index in [1.54, 1.807) is 6.92 Å². The Labute approximate surface area is 102 Å². The fourth-order valence-electron chi connectivity index (χ4n) is 2.39. The lowest BCUT2D eigenvalue weighted by molar-refractivity contribution is -0.163. The van der Waals surface area contributed by atoms with Gasteiger partial charge < -0.3 is 10.2 Å². The van der Waals surface area contributed by atoms with E-state index in [0.717, 1.165) is 12.8 Å². The molecule has 2 unspecified atom stereocenters. The van der Waals surface area contributed by atoms with Crippen LogP contribution in [0.3, 0.4) is 0 Å². The topological polar surface area (TPSA) is 74.6 Å². The molecule has 0 aromatic carbocycles. The number of Topliss-reactive ketones (excluding diaryl/α,β-unsaturated/α-hetero) is 1. The highest BCUT2D eigenvalue weighted by molar-refractivity contribution is 6.03. The molecule has 2 N–H and O–H groups in total. The first kappa shape index (κ1) is 14.2. The van der Waals surface area contributed by atoms with E-state index < -0.39 is 17.0 Å². The summed E-state index contributed by atoms with van der Waals surface area (Å²) in [5, 5.41) is 19.6. The highest BCUT2D eigenvalue weighted by Gasteiger charge is 2.51. The number of aliphatic carboxylic acids is 1. The molecule has 1 aliphatic rings. The molecule has 1 fully saturated rings. The molecule has 0 aliphatic heterocycles. The molecule has 0 spiro atoms. The number of carbonyl (C=O) groups is 2. The third-order valence-corrected chi connectivity index (χ3v) is 4.10. The van der Waals surface area contributed by atoms with E-state index >= 15 is 0 Å². The Morgan fingerprint density at radius 2 is 2.06 bits per heavy atom. The van der Waals surface area contributed by atoms with Gasteiger partial charge in [-0.2, -0.15) is 0 Å². The predicted molar refractivity (Wildman–Crippen MR) is 63.6 cm³/mol. The van der Waals surface area contributed by atoms with Crippen molar-refractivity contribution in [2.45, 2.75) is 58.5 Å². The van der Waals surface area contributed by atoms with Crippen LogP contribution < -0.4 is 0 Å². The molecule has 1 rings (SSSR count). The Morgan fingerprint density at radius 1 is 1.47 bits per heavy atom. The van der Waals surface area contributed by atoms with Gasteiger partial charge in [0.1, 0.15) is 11.2 Å². The number of carboxylic acids is 1. The Kier molecular flexibility index (Phi) is 3.97. The standard InChI is InChI=1S/C13H22O4/c1-9(2)12(3,17)8-13(11(15)16)7-5-4-6-10(13)14/h9,17H,4-8H2,1-3H3,(H,15,16). The summed E-state index contributed by atoms with van der Waals surface area (Å²) in [4.78, 5) is 23.4. The number of rotatable bonds is 4. The molecule has 4 nitrogen and oxygen atoms in total. The van der Waals surface area contributed by atoms with Crippen molar-refractivity contribution < 1.29 is 19.8 Å². The minimum Gasteiger partial charge on any atom is -0.480 e. The molecule has 0 heterocycles. The number of aliphatic hydroxyl groups is 1. The summed E-state index contributed by atoms with van der Waals surface area (Å²) in [6, 6.07) is 0. The molecule has 1 aliphatic carbocycles. The summed E-state index contributed by atoms with van der Waals surface area (Å²) in [7, 11) is 0. The third kappa shape index (κ3) is 2.68. The molecule has 0 amide bonds. The van der Waals surface area contributed by atoms with Crippen molar-refractivity contribution in [3.8, 4) is 0 Å². The lowest BCUT2D eigenvalue weighted by Crippen LogP contribution is -2.48. The van der Waals surface area contributed by atoms with Crippen LogP contribution in [0.2, 0.25) is 0 Å². The molecule has 0 aromatic heterocycles. The molecule has 0 bridgehead atoms. The fraction of sp³-hybridized carbons (Fsp3) is 0.846. The van der Waals surface area contributed by atoms with Crippen LogP contribution in [0.25, 0.3) is 0 Å². The van der Waals surface area contributed by atoms with Crippen LogP contribution in [0.15, 0.2) is 0 Å². The van der Waals surface area contributed by atoms with Gasteiger partial charge in [-0.1, -0.05) is 20.3 Å².